The third-order valence-corrected chi connectivity index (χ3v) is 3.74. The fourth-order valence-corrected chi connectivity index (χ4v) is 2.17. The molecule has 0 aromatic heterocycles. The summed E-state index contributed by atoms with van der Waals surface area (Å²) in [5.41, 5.74) is 2.42. The second-order valence-corrected chi connectivity index (χ2v) is 5.56. The zero-order chi connectivity index (χ0) is 17.7. The highest BCUT2D eigenvalue weighted by Crippen LogP contribution is 2.22. The van der Waals surface area contributed by atoms with E-state index in [1.165, 1.54) is 18.6 Å². The van der Waals surface area contributed by atoms with Gasteiger partial charge in [-0.25, -0.2) is 4.79 Å². The molecule has 2 aromatic carbocycles. The number of carbonyl (C=O) groups is 2. The van der Waals surface area contributed by atoms with Crippen molar-refractivity contribution >= 4 is 17.6 Å². The summed E-state index contributed by atoms with van der Waals surface area (Å²) >= 11 is 0. The van der Waals surface area contributed by atoms with E-state index in [4.69, 9.17) is 4.74 Å². The Bertz CT molecular complexity index is 738. The van der Waals surface area contributed by atoms with Crippen LogP contribution in [-0.4, -0.2) is 23.1 Å². The summed E-state index contributed by atoms with van der Waals surface area (Å²) in [6.45, 7) is 5.22. The lowest BCUT2D eigenvalue weighted by molar-refractivity contribution is -0.123. The highest BCUT2D eigenvalue weighted by Gasteiger charge is 2.21. The van der Waals surface area contributed by atoms with Crippen LogP contribution in [-0.2, 0) is 16.0 Å². The van der Waals surface area contributed by atoms with Crippen molar-refractivity contribution < 1.29 is 19.4 Å². The van der Waals surface area contributed by atoms with Gasteiger partial charge in [-0.3, -0.25) is 4.79 Å². The summed E-state index contributed by atoms with van der Waals surface area (Å²) < 4.78 is 5.14. The van der Waals surface area contributed by atoms with Crippen LogP contribution in [0.1, 0.15) is 35.3 Å². The summed E-state index contributed by atoms with van der Waals surface area (Å²) in [6, 6.07) is 12.2. The number of carbonyl (C=O) groups excluding carboxylic acids is 2. The Morgan fingerprint density at radius 2 is 1.83 bits per heavy atom. The van der Waals surface area contributed by atoms with E-state index in [-0.39, 0.29) is 11.3 Å². The number of ether oxygens (including phenoxy) is 1. The van der Waals surface area contributed by atoms with Gasteiger partial charge in [0.1, 0.15) is 11.3 Å². The van der Waals surface area contributed by atoms with E-state index < -0.39 is 18.0 Å². The number of aromatic hydroxyl groups is 1. The molecular weight excluding hydrogens is 306 g/mol. The molecule has 0 saturated carbocycles. The van der Waals surface area contributed by atoms with Gasteiger partial charge in [0, 0.05) is 5.69 Å². The van der Waals surface area contributed by atoms with Gasteiger partial charge in [0.05, 0.1) is 0 Å². The van der Waals surface area contributed by atoms with Crippen LogP contribution in [0, 0.1) is 6.92 Å². The molecule has 2 N–H and O–H groups in total. The lowest BCUT2D eigenvalue weighted by atomic mass is 10.1. The molecule has 5 heteroatoms. The maximum Gasteiger partial charge on any atom is 0.342 e. The van der Waals surface area contributed by atoms with Gasteiger partial charge in [0.25, 0.3) is 5.91 Å². The summed E-state index contributed by atoms with van der Waals surface area (Å²) in [5.74, 6) is -1.30. The van der Waals surface area contributed by atoms with Crippen LogP contribution in [0.15, 0.2) is 42.5 Å². The summed E-state index contributed by atoms with van der Waals surface area (Å²) in [7, 11) is 0. The molecule has 0 aliphatic carbocycles. The summed E-state index contributed by atoms with van der Waals surface area (Å²) in [5, 5.41) is 12.6. The highest BCUT2D eigenvalue weighted by molar-refractivity contribution is 5.98. The van der Waals surface area contributed by atoms with Gasteiger partial charge in [-0.05, 0) is 49.6 Å². The first-order valence-electron chi connectivity index (χ1n) is 7.81. The smallest absolute Gasteiger partial charge is 0.342 e. The molecule has 1 atom stereocenters. The molecule has 0 aliphatic heterocycles. The summed E-state index contributed by atoms with van der Waals surface area (Å²) in [6.07, 6.45) is -0.0642. The monoisotopic (exact) mass is 327 g/mol. The van der Waals surface area contributed by atoms with Gasteiger partial charge < -0.3 is 15.2 Å². The molecule has 2 rings (SSSR count). The normalized spacial score (nSPS) is 11.6. The van der Waals surface area contributed by atoms with E-state index >= 15 is 0 Å². The fourth-order valence-electron chi connectivity index (χ4n) is 2.17. The lowest BCUT2D eigenvalue weighted by Gasteiger charge is -2.14. The number of nitrogens with one attached hydrogen (secondary N) is 1. The van der Waals surface area contributed by atoms with Crippen LogP contribution in [0.25, 0.3) is 0 Å². The Morgan fingerprint density at radius 3 is 2.46 bits per heavy atom. The molecular formula is C19H21NO4. The van der Waals surface area contributed by atoms with Gasteiger partial charge in [-0.15, -0.1) is 0 Å². The van der Waals surface area contributed by atoms with E-state index in [1.54, 1.807) is 31.2 Å². The number of phenols is 1. The molecule has 126 valence electrons. The van der Waals surface area contributed by atoms with Crippen LogP contribution >= 0.6 is 0 Å². The Hall–Kier alpha value is -2.82. The Labute approximate surface area is 141 Å². The van der Waals surface area contributed by atoms with E-state index in [1.807, 2.05) is 12.1 Å². The van der Waals surface area contributed by atoms with Gasteiger partial charge in [0.2, 0.25) is 0 Å². The lowest BCUT2D eigenvalue weighted by Crippen LogP contribution is -2.30. The maximum absolute atomic E-state index is 12.1. The number of hydrogen-bond donors (Lipinski definition) is 2. The number of anilines is 1. The van der Waals surface area contributed by atoms with E-state index in [0.29, 0.717) is 11.3 Å². The number of esters is 1. The van der Waals surface area contributed by atoms with Crippen molar-refractivity contribution in [3.63, 3.8) is 0 Å². The molecule has 0 bridgehead atoms. The fraction of sp³-hybridized carbons (Fsp3) is 0.263. The topological polar surface area (TPSA) is 75.6 Å². The van der Waals surface area contributed by atoms with E-state index in [9.17, 15) is 14.7 Å². The molecule has 5 nitrogen and oxygen atoms in total. The molecule has 1 unspecified atom stereocenters. The molecule has 2 aromatic rings. The number of rotatable bonds is 5. The number of para-hydroxylation sites is 1. The standard InChI is InChI=1S/C19H21NO4/c1-4-14-8-10-15(11-9-14)20-18(22)13(3)24-19(23)16-7-5-6-12(2)17(16)21/h5-11,13,21H,4H2,1-3H3,(H,20,22). The minimum absolute atomic E-state index is 0.0435. The quantitative estimate of drug-likeness (QED) is 0.825. The number of amides is 1. The zero-order valence-electron chi connectivity index (χ0n) is 14.0. The van der Waals surface area contributed by atoms with Crippen LogP contribution in [0.5, 0.6) is 5.75 Å². The highest BCUT2D eigenvalue weighted by atomic mass is 16.5. The van der Waals surface area contributed by atoms with E-state index in [0.717, 1.165) is 6.42 Å². The molecule has 0 aliphatic rings. The minimum Gasteiger partial charge on any atom is -0.507 e. The molecule has 0 heterocycles. The third kappa shape index (κ3) is 4.13. The van der Waals surface area contributed by atoms with Gasteiger partial charge in [-0.2, -0.15) is 0 Å². The number of aryl methyl sites for hydroxylation is 2. The Kier molecular flexibility index (Phi) is 5.58. The van der Waals surface area contributed by atoms with Gasteiger partial charge >= 0.3 is 5.97 Å². The SMILES string of the molecule is CCc1ccc(NC(=O)C(C)OC(=O)c2cccc(C)c2O)cc1. The number of benzene rings is 2. The largest absolute Gasteiger partial charge is 0.507 e. The average molecular weight is 327 g/mol. The van der Waals surface area contributed by atoms with Crippen molar-refractivity contribution in [3.8, 4) is 5.75 Å². The Balaban J connectivity index is 2.00. The minimum atomic E-state index is -0.983. The molecule has 24 heavy (non-hydrogen) atoms. The second kappa shape index (κ2) is 7.64. The van der Waals surface area contributed by atoms with Crippen molar-refractivity contribution in [2.24, 2.45) is 0 Å². The zero-order valence-corrected chi connectivity index (χ0v) is 14.0. The van der Waals surface area contributed by atoms with Crippen molar-refractivity contribution in [1.29, 1.82) is 0 Å². The van der Waals surface area contributed by atoms with Crippen molar-refractivity contribution in [2.45, 2.75) is 33.3 Å². The van der Waals surface area contributed by atoms with Crippen LogP contribution in [0.2, 0.25) is 0 Å². The van der Waals surface area contributed by atoms with Crippen LogP contribution < -0.4 is 5.32 Å². The first kappa shape index (κ1) is 17.5. The second-order valence-electron chi connectivity index (χ2n) is 5.56. The van der Waals surface area contributed by atoms with Crippen molar-refractivity contribution in [3.05, 3.63) is 59.2 Å². The van der Waals surface area contributed by atoms with Gasteiger partial charge in [0.15, 0.2) is 6.10 Å². The van der Waals surface area contributed by atoms with Gasteiger partial charge in [-0.1, -0.05) is 31.2 Å². The molecule has 0 radical (unpaired) electrons. The van der Waals surface area contributed by atoms with Crippen LogP contribution in [0.3, 0.4) is 0 Å². The molecule has 0 spiro atoms. The molecule has 1 amide bonds. The third-order valence-electron chi connectivity index (χ3n) is 3.74. The Morgan fingerprint density at radius 1 is 1.17 bits per heavy atom. The van der Waals surface area contributed by atoms with E-state index in [2.05, 4.69) is 12.2 Å². The number of phenolic OH excluding ortho intramolecular Hbond substituents is 1. The van der Waals surface area contributed by atoms with Crippen molar-refractivity contribution in [2.75, 3.05) is 5.32 Å². The summed E-state index contributed by atoms with van der Waals surface area (Å²) in [4.78, 5) is 24.2. The van der Waals surface area contributed by atoms with Crippen LogP contribution in [0.4, 0.5) is 5.69 Å². The first-order chi connectivity index (χ1) is 11.4. The average Bonchev–Trinajstić information content (AvgIpc) is 2.57. The predicted molar refractivity (Wildman–Crippen MR) is 92.2 cm³/mol. The van der Waals surface area contributed by atoms with Crippen molar-refractivity contribution in [1.82, 2.24) is 0 Å². The number of hydrogen-bond acceptors (Lipinski definition) is 4. The molecule has 0 saturated heterocycles. The predicted octanol–water partition coefficient (Wildman–Crippen LogP) is 3.45. The first-order valence-corrected chi connectivity index (χ1v) is 7.81. The maximum atomic E-state index is 12.1. The molecule has 0 fully saturated rings.